The summed E-state index contributed by atoms with van der Waals surface area (Å²) in [5, 5.41) is 0. The first kappa shape index (κ1) is 19.5. The molecule has 0 N–H and O–H groups in total. The van der Waals surface area contributed by atoms with Crippen molar-refractivity contribution >= 4 is 11.9 Å². The van der Waals surface area contributed by atoms with Crippen molar-refractivity contribution in [3.8, 4) is 0 Å². The first-order chi connectivity index (χ1) is 11.9. The maximum absolute atomic E-state index is 12.8. The summed E-state index contributed by atoms with van der Waals surface area (Å²) < 4.78 is 11.4. The molecular weight excluding hydrogens is 316 g/mol. The third-order valence-electron chi connectivity index (χ3n) is 4.86. The van der Waals surface area contributed by atoms with Crippen molar-refractivity contribution in [3.63, 3.8) is 0 Å². The topological polar surface area (TPSA) is 52.6 Å². The van der Waals surface area contributed by atoms with Gasteiger partial charge in [0.05, 0.1) is 12.2 Å². The normalized spacial score (nSPS) is 22.8. The van der Waals surface area contributed by atoms with Gasteiger partial charge in [0.25, 0.3) is 0 Å². The monoisotopic (exact) mass is 346 g/mol. The van der Waals surface area contributed by atoms with Gasteiger partial charge in [0, 0.05) is 0 Å². The van der Waals surface area contributed by atoms with Gasteiger partial charge in [0.15, 0.2) is 0 Å². The zero-order chi connectivity index (χ0) is 18.4. The van der Waals surface area contributed by atoms with E-state index in [1.165, 1.54) is 0 Å². The average Bonchev–Trinajstić information content (AvgIpc) is 2.96. The molecule has 0 bridgehead atoms. The van der Waals surface area contributed by atoms with Gasteiger partial charge in [-0.15, -0.1) is 0 Å². The van der Waals surface area contributed by atoms with E-state index in [1.807, 2.05) is 39.0 Å². The molecule has 2 atom stereocenters. The Bertz CT molecular complexity index is 608. The Morgan fingerprint density at radius 2 is 2.08 bits per heavy atom. The van der Waals surface area contributed by atoms with Gasteiger partial charge in [-0.1, -0.05) is 44.9 Å². The summed E-state index contributed by atoms with van der Waals surface area (Å²) >= 11 is 0. The van der Waals surface area contributed by atoms with E-state index in [0.717, 1.165) is 24.8 Å². The Labute approximate surface area is 150 Å². The molecule has 1 fully saturated rings. The molecule has 1 aliphatic carbocycles. The lowest BCUT2D eigenvalue weighted by molar-refractivity contribution is -0.163. The van der Waals surface area contributed by atoms with E-state index in [4.69, 9.17) is 9.47 Å². The third kappa shape index (κ3) is 4.62. The second-order valence-corrected chi connectivity index (χ2v) is 7.55. The summed E-state index contributed by atoms with van der Waals surface area (Å²) in [6.07, 6.45) is 3.46. The van der Waals surface area contributed by atoms with Crippen molar-refractivity contribution < 1.29 is 19.1 Å². The van der Waals surface area contributed by atoms with Crippen molar-refractivity contribution in [1.82, 2.24) is 0 Å². The molecule has 1 aromatic carbocycles. The van der Waals surface area contributed by atoms with E-state index in [2.05, 4.69) is 6.92 Å². The van der Waals surface area contributed by atoms with Crippen molar-refractivity contribution in [3.05, 3.63) is 35.4 Å². The molecule has 1 saturated carbocycles. The number of benzene rings is 1. The van der Waals surface area contributed by atoms with E-state index < -0.39 is 11.5 Å². The average molecular weight is 346 g/mol. The Morgan fingerprint density at radius 1 is 1.32 bits per heavy atom. The lowest BCUT2D eigenvalue weighted by atomic mass is 9.79. The van der Waals surface area contributed by atoms with Crippen LogP contribution >= 0.6 is 0 Å². The van der Waals surface area contributed by atoms with Gasteiger partial charge < -0.3 is 9.47 Å². The lowest BCUT2D eigenvalue weighted by Crippen LogP contribution is -2.42. The molecule has 0 heterocycles. The van der Waals surface area contributed by atoms with Crippen molar-refractivity contribution in [1.29, 1.82) is 0 Å². The number of carbonyl (C=O) groups excluding carboxylic acids is 2. The quantitative estimate of drug-likeness (QED) is 0.672. The number of hydrogen-bond acceptors (Lipinski definition) is 4. The number of ether oxygens (including phenoxy) is 2. The molecule has 4 nitrogen and oxygen atoms in total. The molecular formula is C21H30O4. The standard InChI is InChI=1S/C21H30O4/c1-5-11-21(20(23)24-14-15(2)3)12-7-10-18(21)25-19(22)17-9-6-8-16(4)13-17/h6,8-9,13,15,18H,5,7,10-12,14H2,1-4H3. The zero-order valence-electron chi connectivity index (χ0n) is 15.8. The van der Waals surface area contributed by atoms with Crippen LogP contribution in [0.1, 0.15) is 68.8 Å². The zero-order valence-corrected chi connectivity index (χ0v) is 15.8. The number of rotatable bonds is 7. The van der Waals surface area contributed by atoms with Crippen LogP contribution in [0.25, 0.3) is 0 Å². The molecule has 0 radical (unpaired) electrons. The molecule has 0 saturated heterocycles. The maximum Gasteiger partial charge on any atom is 0.338 e. The maximum atomic E-state index is 12.8. The molecule has 1 aliphatic rings. The number of carbonyl (C=O) groups is 2. The van der Waals surface area contributed by atoms with Crippen LogP contribution in [0.2, 0.25) is 0 Å². The first-order valence-electron chi connectivity index (χ1n) is 9.34. The molecule has 1 aromatic rings. The molecule has 2 rings (SSSR count). The molecule has 138 valence electrons. The highest BCUT2D eigenvalue weighted by molar-refractivity contribution is 5.90. The van der Waals surface area contributed by atoms with Crippen LogP contribution in [0.4, 0.5) is 0 Å². The first-order valence-corrected chi connectivity index (χ1v) is 9.34. The Kier molecular flexibility index (Phi) is 6.63. The third-order valence-corrected chi connectivity index (χ3v) is 4.86. The molecule has 2 unspecified atom stereocenters. The van der Waals surface area contributed by atoms with Gasteiger partial charge >= 0.3 is 11.9 Å². The van der Waals surface area contributed by atoms with Crippen LogP contribution in [-0.4, -0.2) is 24.6 Å². The second-order valence-electron chi connectivity index (χ2n) is 7.55. The van der Waals surface area contributed by atoms with E-state index in [0.29, 0.717) is 25.0 Å². The van der Waals surface area contributed by atoms with E-state index >= 15 is 0 Å². The molecule has 0 aromatic heterocycles. The van der Waals surface area contributed by atoms with Gasteiger partial charge in [-0.25, -0.2) is 4.79 Å². The van der Waals surface area contributed by atoms with E-state index in [1.54, 1.807) is 6.07 Å². The smallest absolute Gasteiger partial charge is 0.338 e. The highest BCUT2D eigenvalue weighted by Crippen LogP contribution is 2.45. The molecule has 0 aliphatic heterocycles. The van der Waals surface area contributed by atoms with Crippen LogP contribution in [0.15, 0.2) is 24.3 Å². The molecule has 0 spiro atoms. The van der Waals surface area contributed by atoms with Gasteiger partial charge in [-0.3, -0.25) is 4.79 Å². The minimum absolute atomic E-state index is 0.206. The predicted octanol–water partition coefficient (Wildman–Crippen LogP) is 4.69. The molecule has 0 amide bonds. The van der Waals surface area contributed by atoms with Gasteiger partial charge in [-0.2, -0.15) is 0 Å². The van der Waals surface area contributed by atoms with Crippen LogP contribution in [0.5, 0.6) is 0 Å². The fraction of sp³-hybridized carbons (Fsp3) is 0.619. The minimum Gasteiger partial charge on any atom is -0.465 e. The van der Waals surface area contributed by atoms with Crippen LogP contribution in [-0.2, 0) is 14.3 Å². The highest BCUT2D eigenvalue weighted by Gasteiger charge is 2.51. The predicted molar refractivity (Wildman–Crippen MR) is 97.4 cm³/mol. The van der Waals surface area contributed by atoms with Crippen LogP contribution in [0.3, 0.4) is 0 Å². The highest BCUT2D eigenvalue weighted by atomic mass is 16.6. The minimum atomic E-state index is -0.691. The fourth-order valence-electron chi connectivity index (χ4n) is 3.63. The lowest BCUT2D eigenvalue weighted by Gasteiger charge is -2.32. The summed E-state index contributed by atoms with van der Waals surface area (Å²) in [5.74, 6) is -0.271. The number of hydrogen-bond donors (Lipinski definition) is 0. The summed E-state index contributed by atoms with van der Waals surface area (Å²) in [4.78, 5) is 25.4. The van der Waals surface area contributed by atoms with Crippen molar-refractivity contribution in [2.24, 2.45) is 11.3 Å². The number of aryl methyl sites for hydroxylation is 1. The Balaban J connectivity index is 2.16. The van der Waals surface area contributed by atoms with Gasteiger partial charge in [0.1, 0.15) is 11.5 Å². The summed E-state index contributed by atoms with van der Waals surface area (Å²) in [5.41, 5.74) is 0.855. The van der Waals surface area contributed by atoms with Crippen molar-refractivity contribution in [2.75, 3.05) is 6.61 Å². The summed E-state index contributed by atoms with van der Waals surface area (Å²) in [6, 6.07) is 7.35. The fourth-order valence-corrected chi connectivity index (χ4v) is 3.63. The van der Waals surface area contributed by atoms with E-state index in [-0.39, 0.29) is 17.9 Å². The van der Waals surface area contributed by atoms with Gasteiger partial charge in [0.2, 0.25) is 0 Å². The Morgan fingerprint density at radius 3 is 2.72 bits per heavy atom. The molecule has 25 heavy (non-hydrogen) atoms. The van der Waals surface area contributed by atoms with Crippen LogP contribution < -0.4 is 0 Å². The number of esters is 2. The van der Waals surface area contributed by atoms with Crippen LogP contribution in [0, 0.1) is 18.3 Å². The summed E-state index contributed by atoms with van der Waals surface area (Å²) in [7, 11) is 0. The van der Waals surface area contributed by atoms with E-state index in [9.17, 15) is 9.59 Å². The largest absolute Gasteiger partial charge is 0.465 e. The second kappa shape index (κ2) is 8.50. The summed E-state index contributed by atoms with van der Waals surface area (Å²) in [6.45, 7) is 8.43. The SMILES string of the molecule is CCCC1(C(=O)OCC(C)C)CCCC1OC(=O)c1cccc(C)c1. The van der Waals surface area contributed by atoms with Crippen molar-refractivity contribution in [2.45, 2.75) is 65.9 Å². The molecule has 4 heteroatoms. The van der Waals surface area contributed by atoms with Gasteiger partial charge in [-0.05, 0) is 50.7 Å². The Hall–Kier alpha value is -1.84.